The molecule has 0 aliphatic carbocycles. The van der Waals surface area contributed by atoms with Crippen molar-refractivity contribution in [2.45, 2.75) is 6.36 Å². The molecule has 4 aromatic rings. The van der Waals surface area contributed by atoms with Gasteiger partial charge in [0.05, 0.1) is 11.2 Å². The van der Waals surface area contributed by atoms with Crippen LogP contribution in [-0.4, -0.2) is 23.6 Å². The van der Waals surface area contributed by atoms with Crippen LogP contribution in [0.15, 0.2) is 69.3 Å². The standard InChI is InChI=1S/C20H12F3N5OS/c21-20(22,23)29-13-4-2-12(3-5-13)25-19-15-7-8-30-18(15)14-6-1-11(9-16(14)26-19)17-10-24-28-27-17/h1-9H,10H2,(H,25,26). The first-order chi connectivity index (χ1) is 14.5. The maximum Gasteiger partial charge on any atom is 0.573 e. The minimum Gasteiger partial charge on any atom is -0.406 e. The first-order valence-corrected chi connectivity index (χ1v) is 9.72. The number of alkyl halides is 3. The molecule has 0 bridgehead atoms. The molecule has 2 aromatic heterocycles. The van der Waals surface area contributed by atoms with Crippen molar-refractivity contribution in [2.75, 3.05) is 11.9 Å². The molecule has 0 radical (unpaired) electrons. The fourth-order valence-corrected chi connectivity index (χ4v) is 4.15. The quantitative estimate of drug-likeness (QED) is 0.418. The van der Waals surface area contributed by atoms with Crippen molar-refractivity contribution in [2.24, 2.45) is 15.4 Å². The molecular formula is C20H12F3N5OS. The Hall–Kier alpha value is -3.53. The number of halogens is 3. The second-order valence-electron chi connectivity index (χ2n) is 6.49. The SMILES string of the molecule is FC(F)(F)Oc1ccc(Nc2nc3cc(C4=NN=NC4)ccc3c3sccc23)cc1. The number of nitrogens with zero attached hydrogens (tertiary/aromatic N) is 4. The Labute approximate surface area is 171 Å². The highest BCUT2D eigenvalue weighted by Crippen LogP contribution is 2.35. The van der Waals surface area contributed by atoms with Gasteiger partial charge in [-0.1, -0.05) is 12.1 Å². The van der Waals surface area contributed by atoms with Crippen LogP contribution in [0, 0.1) is 0 Å². The summed E-state index contributed by atoms with van der Waals surface area (Å²) in [6.07, 6.45) is -4.72. The number of hydrogen-bond donors (Lipinski definition) is 1. The molecule has 1 aliphatic heterocycles. The van der Waals surface area contributed by atoms with Crippen molar-refractivity contribution in [1.82, 2.24) is 4.98 Å². The Kier molecular flexibility index (Phi) is 4.35. The summed E-state index contributed by atoms with van der Waals surface area (Å²) >= 11 is 1.60. The van der Waals surface area contributed by atoms with Crippen molar-refractivity contribution in [1.29, 1.82) is 0 Å². The summed E-state index contributed by atoms with van der Waals surface area (Å²) in [6, 6.07) is 13.4. The second-order valence-corrected chi connectivity index (χ2v) is 7.40. The van der Waals surface area contributed by atoms with E-state index in [-0.39, 0.29) is 5.75 Å². The molecule has 0 saturated heterocycles. The number of benzene rings is 2. The average Bonchev–Trinajstić information content (AvgIpc) is 3.40. The molecule has 2 aromatic carbocycles. The Balaban J connectivity index is 1.52. The lowest BCUT2D eigenvalue weighted by Crippen LogP contribution is -2.16. The van der Waals surface area contributed by atoms with Gasteiger partial charge in [0.2, 0.25) is 0 Å². The van der Waals surface area contributed by atoms with Crippen LogP contribution in [0.25, 0.3) is 21.0 Å². The zero-order valence-corrected chi connectivity index (χ0v) is 16.0. The fourth-order valence-electron chi connectivity index (χ4n) is 3.22. The highest BCUT2D eigenvalue weighted by molar-refractivity contribution is 7.18. The van der Waals surface area contributed by atoms with Crippen molar-refractivity contribution in [3.63, 3.8) is 0 Å². The van der Waals surface area contributed by atoms with Crippen molar-refractivity contribution in [3.8, 4) is 5.75 Å². The van der Waals surface area contributed by atoms with Crippen LogP contribution in [0.3, 0.4) is 0 Å². The van der Waals surface area contributed by atoms with Gasteiger partial charge in [0.1, 0.15) is 18.1 Å². The molecule has 0 atom stereocenters. The van der Waals surface area contributed by atoms with Gasteiger partial charge in [0.15, 0.2) is 0 Å². The molecule has 30 heavy (non-hydrogen) atoms. The van der Waals surface area contributed by atoms with E-state index in [4.69, 9.17) is 4.98 Å². The number of hydrogen-bond acceptors (Lipinski definition) is 7. The fraction of sp³-hybridized carbons (Fsp3) is 0.100. The van der Waals surface area contributed by atoms with Gasteiger partial charge < -0.3 is 10.1 Å². The maximum absolute atomic E-state index is 12.4. The highest BCUT2D eigenvalue weighted by Gasteiger charge is 2.31. The van der Waals surface area contributed by atoms with Crippen LogP contribution >= 0.6 is 11.3 Å². The Bertz CT molecular complexity index is 1310. The smallest absolute Gasteiger partial charge is 0.406 e. The van der Waals surface area contributed by atoms with Gasteiger partial charge in [0.25, 0.3) is 0 Å². The predicted molar refractivity (Wildman–Crippen MR) is 110 cm³/mol. The van der Waals surface area contributed by atoms with Gasteiger partial charge in [0, 0.05) is 26.7 Å². The molecule has 10 heteroatoms. The molecule has 1 aliphatic rings. The van der Waals surface area contributed by atoms with Crippen LogP contribution < -0.4 is 10.1 Å². The number of fused-ring (bicyclic) bond motifs is 3. The summed E-state index contributed by atoms with van der Waals surface area (Å²) in [6.45, 7) is 0.435. The first kappa shape index (κ1) is 18.5. The lowest BCUT2D eigenvalue weighted by Gasteiger charge is -2.12. The van der Waals surface area contributed by atoms with Gasteiger partial charge in [-0.2, -0.15) is 5.11 Å². The van der Waals surface area contributed by atoms with Gasteiger partial charge in [-0.25, -0.2) is 4.98 Å². The van der Waals surface area contributed by atoms with Crippen LogP contribution in [-0.2, 0) is 0 Å². The normalized spacial score (nSPS) is 13.8. The molecule has 150 valence electrons. The second kappa shape index (κ2) is 7.06. The van der Waals surface area contributed by atoms with Crippen LogP contribution in [0.2, 0.25) is 0 Å². The van der Waals surface area contributed by atoms with Crippen LogP contribution in [0.1, 0.15) is 5.56 Å². The van der Waals surface area contributed by atoms with Gasteiger partial charge >= 0.3 is 6.36 Å². The third-order valence-corrected chi connectivity index (χ3v) is 5.48. The number of nitrogens with one attached hydrogen (secondary N) is 1. The first-order valence-electron chi connectivity index (χ1n) is 8.84. The van der Waals surface area contributed by atoms with E-state index in [1.165, 1.54) is 24.3 Å². The number of pyridine rings is 1. The average molecular weight is 427 g/mol. The van der Waals surface area contributed by atoms with Gasteiger partial charge in [-0.15, -0.1) is 29.6 Å². The van der Waals surface area contributed by atoms with E-state index in [0.29, 0.717) is 18.1 Å². The van der Waals surface area contributed by atoms with Gasteiger partial charge in [-0.3, -0.25) is 0 Å². The van der Waals surface area contributed by atoms with E-state index in [1.807, 2.05) is 29.6 Å². The lowest BCUT2D eigenvalue weighted by molar-refractivity contribution is -0.274. The molecule has 0 spiro atoms. The summed E-state index contributed by atoms with van der Waals surface area (Å²) in [7, 11) is 0. The highest BCUT2D eigenvalue weighted by atomic mass is 32.1. The molecule has 0 fully saturated rings. The van der Waals surface area contributed by atoms with E-state index in [0.717, 1.165) is 32.3 Å². The third-order valence-electron chi connectivity index (χ3n) is 4.53. The maximum atomic E-state index is 12.4. The molecule has 1 N–H and O–H groups in total. The summed E-state index contributed by atoms with van der Waals surface area (Å²) < 4.78 is 42.0. The molecule has 5 rings (SSSR count). The van der Waals surface area contributed by atoms with Crippen molar-refractivity contribution in [3.05, 3.63) is 59.5 Å². The zero-order chi connectivity index (χ0) is 20.7. The molecule has 0 unspecified atom stereocenters. The van der Waals surface area contributed by atoms with E-state index >= 15 is 0 Å². The van der Waals surface area contributed by atoms with Crippen LogP contribution in [0.4, 0.5) is 24.7 Å². The summed E-state index contributed by atoms with van der Waals surface area (Å²) in [5.74, 6) is 0.334. The molecular weight excluding hydrogens is 415 g/mol. The number of aromatic nitrogens is 1. The predicted octanol–water partition coefficient (Wildman–Crippen LogP) is 6.26. The van der Waals surface area contributed by atoms with E-state index in [9.17, 15) is 13.2 Å². The van der Waals surface area contributed by atoms with E-state index in [2.05, 4.69) is 25.5 Å². The Morgan fingerprint density at radius 1 is 1.00 bits per heavy atom. The zero-order valence-electron chi connectivity index (χ0n) is 15.1. The molecule has 0 saturated carbocycles. The van der Waals surface area contributed by atoms with E-state index in [1.54, 1.807) is 11.3 Å². The third kappa shape index (κ3) is 3.57. The summed E-state index contributed by atoms with van der Waals surface area (Å²) in [5, 5.41) is 18.7. The number of anilines is 2. The molecule has 0 amide bonds. The van der Waals surface area contributed by atoms with Gasteiger partial charge in [-0.05, 0) is 47.0 Å². The largest absolute Gasteiger partial charge is 0.573 e. The minimum absolute atomic E-state index is 0.280. The van der Waals surface area contributed by atoms with E-state index < -0.39 is 6.36 Å². The summed E-state index contributed by atoms with van der Waals surface area (Å²) in [5.41, 5.74) is 3.05. The lowest BCUT2D eigenvalue weighted by atomic mass is 10.1. The summed E-state index contributed by atoms with van der Waals surface area (Å²) in [4.78, 5) is 4.75. The Morgan fingerprint density at radius 2 is 1.83 bits per heavy atom. The Morgan fingerprint density at radius 3 is 2.57 bits per heavy atom. The van der Waals surface area contributed by atoms with Crippen LogP contribution in [0.5, 0.6) is 5.75 Å². The topological polar surface area (TPSA) is 71.2 Å². The molecule has 6 nitrogen and oxygen atoms in total. The number of thiophene rings is 1. The van der Waals surface area contributed by atoms with Crippen molar-refractivity contribution < 1.29 is 17.9 Å². The monoisotopic (exact) mass is 427 g/mol. The minimum atomic E-state index is -4.72. The number of ether oxygens (including phenoxy) is 1. The number of rotatable bonds is 4. The van der Waals surface area contributed by atoms with Crippen molar-refractivity contribution >= 4 is 49.5 Å². The molecule has 3 heterocycles.